The minimum absolute atomic E-state index is 0.741. The first kappa shape index (κ1) is 9.88. The summed E-state index contributed by atoms with van der Waals surface area (Å²) in [5.74, 6) is -2.04. The van der Waals surface area contributed by atoms with Gasteiger partial charge in [0.15, 0.2) is 0 Å². The Morgan fingerprint density at radius 3 is 1.92 bits per heavy atom. The van der Waals surface area contributed by atoms with E-state index in [4.69, 9.17) is 9.84 Å². The lowest BCUT2D eigenvalue weighted by atomic mass is 9.98. The molecule has 0 amide bonds. The van der Waals surface area contributed by atoms with E-state index in [1.54, 1.807) is 0 Å². The second-order valence-electron chi connectivity index (χ2n) is 3.60. The van der Waals surface area contributed by atoms with Crippen LogP contribution in [0.3, 0.4) is 0 Å². The molecule has 1 aliphatic heterocycles. The summed E-state index contributed by atoms with van der Waals surface area (Å²) in [6, 6.07) is 0. The molecule has 1 rings (SSSR count). The molecule has 0 bridgehead atoms. The highest BCUT2D eigenvalue weighted by Crippen LogP contribution is 2.35. The highest BCUT2D eigenvalue weighted by Gasteiger charge is 2.57. The van der Waals surface area contributed by atoms with Crippen LogP contribution < -0.4 is 0 Å². The third kappa shape index (κ3) is 1.23. The Bertz CT molecular complexity index is 181. The molecule has 4 N–H and O–H groups in total. The van der Waals surface area contributed by atoms with Gasteiger partial charge in [-0.3, -0.25) is 0 Å². The third-order valence-electron chi connectivity index (χ3n) is 2.14. The summed E-state index contributed by atoms with van der Waals surface area (Å²) in [6.45, 7) is 2.30. The average Bonchev–Trinajstić information content (AvgIpc) is 2.13. The smallest absolute Gasteiger partial charge is 0.219 e. The quantitative estimate of drug-likeness (QED) is 0.380. The summed E-state index contributed by atoms with van der Waals surface area (Å²) in [5, 5.41) is 36.7. The van der Waals surface area contributed by atoms with Crippen LogP contribution in [0.2, 0.25) is 0 Å². The summed E-state index contributed by atoms with van der Waals surface area (Å²) < 4.78 is 4.92. The Morgan fingerprint density at radius 2 is 1.75 bits per heavy atom. The van der Waals surface area contributed by atoms with E-state index in [9.17, 15) is 15.3 Å². The highest BCUT2D eigenvalue weighted by atomic mass is 16.7. The Labute approximate surface area is 70.2 Å². The number of aliphatic hydroxyl groups is 4. The van der Waals surface area contributed by atoms with Crippen molar-refractivity contribution in [2.75, 3.05) is 6.61 Å². The molecule has 72 valence electrons. The largest absolute Gasteiger partial charge is 0.391 e. The van der Waals surface area contributed by atoms with Crippen LogP contribution in [0.5, 0.6) is 0 Å². The van der Waals surface area contributed by atoms with Gasteiger partial charge in [0.1, 0.15) is 12.2 Å². The normalized spacial score (nSPS) is 46.5. The third-order valence-corrected chi connectivity index (χ3v) is 2.14. The maximum atomic E-state index is 9.39. The molecule has 5 heteroatoms. The fourth-order valence-electron chi connectivity index (χ4n) is 1.33. The number of ether oxygens (including phenoxy) is 1. The van der Waals surface area contributed by atoms with E-state index in [1.807, 2.05) is 0 Å². The van der Waals surface area contributed by atoms with Crippen molar-refractivity contribution in [1.82, 2.24) is 0 Å². The molecule has 0 aromatic carbocycles. The summed E-state index contributed by atoms with van der Waals surface area (Å²) in [7, 11) is 0. The molecule has 0 radical (unpaired) electrons. The fourth-order valence-corrected chi connectivity index (χ4v) is 1.33. The van der Waals surface area contributed by atoms with Gasteiger partial charge in [-0.25, -0.2) is 0 Å². The van der Waals surface area contributed by atoms with Crippen molar-refractivity contribution < 1.29 is 25.2 Å². The molecule has 1 saturated heterocycles. The topological polar surface area (TPSA) is 90.2 Å². The van der Waals surface area contributed by atoms with Crippen LogP contribution >= 0.6 is 0 Å². The van der Waals surface area contributed by atoms with Crippen molar-refractivity contribution in [3.05, 3.63) is 0 Å². The standard InChI is InChI=1S/C7H14O5/c1-6(2)4(9)5(10)7(11,3-8)12-6/h4-5,8-11H,3H2,1-2H3/t4-,5+,7?/m0/s1. The van der Waals surface area contributed by atoms with Crippen molar-refractivity contribution in [2.45, 2.75) is 37.4 Å². The zero-order valence-corrected chi connectivity index (χ0v) is 7.06. The zero-order chi connectivity index (χ0) is 9.57. The van der Waals surface area contributed by atoms with Crippen LogP contribution in [0.1, 0.15) is 13.8 Å². The van der Waals surface area contributed by atoms with E-state index in [0.29, 0.717) is 0 Å². The maximum absolute atomic E-state index is 9.39. The SMILES string of the molecule is CC1(C)OC(O)(CO)[C@H](O)[C@@H]1O. The molecule has 0 aromatic rings. The average molecular weight is 178 g/mol. The van der Waals surface area contributed by atoms with Gasteiger partial charge in [0.25, 0.3) is 0 Å². The molecule has 1 aliphatic rings. The molecule has 12 heavy (non-hydrogen) atoms. The molecule has 1 heterocycles. The lowest BCUT2D eigenvalue weighted by Crippen LogP contribution is -2.46. The highest BCUT2D eigenvalue weighted by molar-refractivity contribution is 5.00. The van der Waals surface area contributed by atoms with Gasteiger partial charge >= 0.3 is 0 Å². The van der Waals surface area contributed by atoms with Crippen LogP contribution in [-0.4, -0.2) is 50.6 Å². The number of hydrogen-bond donors (Lipinski definition) is 4. The first-order chi connectivity index (χ1) is 5.33. The monoisotopic (exact) mass is 178 g/mol. The molecular weight excluding hydrogens is 164 g/mol. The molecular formula is C7H14O5. The van der Waals surface area contributed by atoms with E-state index < -0.39 is 30.2 Å². The second-order valence-corrected chi connectivity index (χ2v) is 3.60. The van der Waals surface area contributed by atoms with Crippen molar-refractivity contribution >= 4 is 0 Å². The van der Waals surface area contributed by atoms with Gasteiger partial charge in [-0.05, 0) is 13.8 Å². The zero-order valence-electron chi connectivity index (χ0n) is 7.06. The van der Waals surface area contributed by atoms with Crippen molar-refractivity contribution in [3.8, 4) is 0 Å². The van der Waals surface area contributed by atoms with Gasteiger partial charge < -0.3 is 25.2 Å². The van der Waals surface area contributed by atoms with Gasteiger partial charge in [0.05, 0.1) is 12.2 Å². The molecule has 3 atom stereocenters. The molecule has 1 fully saturated rings. The first-order valence-corrected chi connectivity index (χ1v) is 3.73. The molecule has 1 unspecified atom stereocenters. The Kier molecular flexibility index (Phi) is 2.18. The molecule has 0 aromatic heterocycles. The van der Waals surface area contributed by atoms with Crippen molar-refractivity contribution in [3.63, 3.8) is 0 Å². The van der Waals surface area contributed by atoms with Gasteiger partial charge in [0, 0.05) is 0 Å². The van der Waals surface area contributed by atoms with Crippen LogP contribution in [0.4, 0.5) is 0 Å². The Morgan fingerprint density at radius 1 is 1.25 bits per heavy atom. The predicted molar refractivity (Wildman–Crippen MR) is 39.2 cm³/mol. The molecule has 0 spiro atoms. The number of rotatable bonds is 1. The van der Waals surface area contributed by atoms with Crippen LogP contribution in [-0.2, 0) is 4.74 Å². The Hall–Kier alpha value is -0.200. The van der Waals surface area contributed by atoms with Gasteiger partial charge in [0.2, 0.25) is 5.79 Å². The summed E-state index contributed by atoms with van der Waals surface area (Å²) in [6.07, 6.45) is -2.67. The van der Waals surface area contributed by atoms with Gasteiger partial charge in [-0.15, -0.1) is 0 Å². The van der Waals surface area contributed by atoms with Crippen LogP contribution in [0, 0.1) is 0 Å². The van der Waals surface area contributed by atoms with E-state index >= 15 is 0 Å². The minimum atomic E-state index is -2.04. The first-order valence-electron chi connectivity index (χ1n) is 3.73. The molecule has 0 aliphatic carbocycles. The van der Waals surface area contributed by atoms with E-state index in [1.165, 1.54) is 13.8 Å². The fraction of sp³-hybridized carbons (Fsp3) is 1.00. The second kappa shape index (κ2) is 2.65. The van der Waals surface area contributed by atoms with E-state index in [0.717, 1.165) is 0 Å². The maximum Gasteiger partial charge on any atom is 0.219 e. The van der Waals surface area contributed by atoms with Crippen molar-refractivity contribution in [1.29, 1.82) is 0 Å². The summed E-state index contributed by atoms with van der Waals surface area (Å²) >= 11 is 0. The van der Waals surface area contributed by atoms with Crippen molar-refractivity contribution in [2.24, 2.45) is 0 Å². The van der Waals surface area contributed by atoms with Gasteiger partial charge in [-0.1, -0.05) is 0 Å². The number of hydrogen-bond acceptors (Lipinski definition) is 5. The van der Waals surface area contributed by atoms with E-state index in [-0.39, 0.29) is 0 Å². The van der Waals surface area contributed by atoms with Crippen LogP contribution in [0.25, 0.3) is 0 Å². The van der Waals surface area contributed by atoms with Crippen LogP contribution in [0.15, 0.2) is 0 Å². The van der Waals surface area contributed by atoms with E-state index in [2.05, 4.69) is 0 Å². The van der Waals surface area contributed by atoms with Gasteiger partial charge in [-0.2, -0.15) is 0 Å². The number of aliphatic hydroxyl groups excluding tert-OH is 3. The molecule has 0 saturated carbocycles. The summed E-state index contributed by atoms with van der Waals surface area (Å²) in [4.78, 5) is 0. The minimum Gasteiger partial charge on any atom is -0.391 e. The lowest BCUT2D eigenvalue weighted by Gasteiger charge is -2.24. The Balaban J connectivity index is 2.88. The lowest BCUT2D eigenvalue weighted by molar-refractivity contribution is -0.259. The predicted octanol–water partition coefficient (Wildman–Crippen LogP) is -1.80. The molecule has 5 nitrogen and oxygen atoms in total. The summed E-state index contributed by atoms with van der Waals surface area (Å²) in [5.41, 5.74) is -1.04.